The van der Waals surface area contributed by atoms with Crippen molar-refractivity contribution >= 4 is 12.1 Å². The standard InChI is InChI=1S/C22H20N2O3/c1-26-20-11-13-21(14-12-20)27-16-22(25)24-23-15-17-7-9-19(10-8-17)18-5-3-2-4-6-18/h2-15H,16H2,1H3,(H,24,25)/b23-15+. The number of rotatable bonds is 7. The molecule has 0 aliphatic rings. The van der Waals surface area contributed by atoms with Crippen LogP contribution in [0.1, 0.15) is 5.56 Å². The van der Waals surface area contributed by atoms with E-state index in [0.717, 1.165) is 22.4 Å². The number of ether oxygens (including phenoxy) is 2. The van der Waals surface area contributed by atoms with E-state index >= 15 is 0 Å². The minimum absolute atomic E-state index is 0.114. The Hall–Kier alpha value is -3.60. The molecule has 0 spiro atoms. The lowest BCUT2D eigenvalue weighted by Crippen LogP contribution is -2.24. The summed E-state index contributed by atoms with van der Waals surface area (Å²) in [6.45, 7) is -0.114. The second-order valence-corrected chi connectivity index (χ2v) is 5.75. The van der Waals surface area contributed by atoms with Crippen molar-refractivity contribution in [2.75, 3.05) is 13.7 Å². The molecule has 1 amide bonds. The average Bonchev–Trinajstić information content (AvgIpc) is 2.74. The molecule has 5 heteroatoms. The zero-order valence-electron chi connectivity index (χ0n) is 15.0. The van der Waals surface area contributed by atoms with Crippen LogP contribution in [0.2, 0.25) is 0 Å². The minimum atomic E-state index is -0.331. The number of carbonyl (C=O) groups is 1. The molecule has 1 N–H and O–H groups in total. The van der Waals surface area contributed by atoms with Crippen molar-refractivity contribution in [2.45, 2.75) is 0 Å². The van der Waals surface area contributed by atoms with Crippen molar-refractivity contribution in [3.63, 3.8) is 0 Å². The fraction of sp³-hybridized carbons (Fsp3) is 0.0909. The van der Waals surface area contributed by atoms with Crippen molar-refractivity contribution < 1.29 is 14.3 Å². The van der Waals surface area contributed by atoms with Crippen molar-refractivity contribution in [2.24, 2.45) is 5.10 Å². The molecule has 0 aromatic heterocycles. The number of hydrogen-bond acceptors (Lipinski definition) is 4. The van der Waals surface area contributed by atoms with Gasteiger partial charge in [-0.2, -0.15) is 5.10 Å². The molecule has 0 saturated heterocycles. The molecule has 0 heterocycles. The van der Waals surface area contributed by atoms with Gasteiger partial charge in [-0.05, 0) is 41.0 Å². The van der Waals surface area contributed by atoms with Crippen LogP contribution in [0.15, 0.2) is 84.0 Å². The molecule has 0 fully saturated rings. The SMILES string of the molecule is COc1ccc(OCC(=O)N/N=C/c2ccc(-c3ccccc3)cc2)cc1. The lowest BCUT2D eigenvalue weighted by molar-refractivity contribution is -0.123. The first-order valence-corrected chi connectivity index (χ1v) is 8.49. The fourth-order valence-corrected chi connectivity index (χ4v) is 2.42. The summed E-state index contributed by atoms with van der Waals surface area (Å²) < 4.78 is 10.5. The van der Waals surface area contributed by atoms with Crippen LogP contribution in [0, 0.1) is 0 Å². The molecular formula is C22H20N2O3. The maximum Gasteiger partial charge on any atom is 0.277 e. The van der Waals surface area contributed by atoms with E-state index in [0.29, 0.717) is 5.75 Å². The number of hydrazone groups is 1. The number of amides is 1. The van der Waals surface area contributed by atoms with Crippen LogP contribution >= 0.6 is 0 Å². The second kappa shape index (κ2) is 9.20. The summed E-state index contributed by atoms with van der Waals surface area (Å²) in [6, 6.07) is 25.1. The predicted octanol–water partition coefficient (Wildman–Crippen LogP) is 3.89. The first-order valence-electron chi connectivity index (χ1n) is 8.49. The highest BCUT2D eigenvalue weighted by atomic mass is 16.5. The van der Waals surface area contributed by atoms with Gasteiger partial charge in [-0.25, -0.2) is 5.43 Å². The highest BCUT2D eigenvalue weighted by Gasteiger charge is 2.02. The summed E-state index contributed by atoms with van der Waals surface area (Å²) in [6.07, 6.45) is 1.60. The molecule has 3 rings (SSSR count). The molecule has 136 valence electrons. The van der Waals surface area contributed by atoms with Gasteiger partial charge in [-0.1, -0.05) is 54.6 Å². The van der Waals surface area contributed by atoms with E-state index in [1.165, 1.54) is 0 Å². The minimum Gasteiger partial charge on any atom is -0.497 e. The Balaban J connectivity index is 1.47. The van der Waals surface area contributed by atoms with Crippen LogP contribution in [0.4, 0.5) is 0 Å². The number of methoxy groups -OCH3 is 1. The highest BCUT2D eigenvalue weighted by molar-refractivity contribution is 5.83. The van der Waals surface area contributed by atoms with Crippen molar-refractivity contribution in [1.29, 1.82) is 0 Å². The summed E-state index contributed by atoms with van der Waals surface area (Å²) in [5, 5.41) is 3.96. The normalized spacial score (nSPS) is 10.6. The van der Waals surface area contributed by atoms with Crippen LogP contribution in [0.25, 0.3) is 11.1 Å². The van der Waals surface area contributed by atoms with E-state index in [2.05, 4.69) is 22.7 Å². The lowest BCUT2D eigenvalue weighted by atomic mass is 10.0. The third-order valence-electron chi connectivity index (χ3n) is 3.85. The molecule has 3 aromatic rings. The van der Waals surface area contributed by atoms with Crippen LogP contribution in [0.5, 0.6) is 11.5 Å². The third-order valence-corrected chi connectivity index (χ3v) is 3.85. The van der Waals surface area contributed by atoms with Crippen molar-refractivity contribution in [3.8, 4) is 22.6 Å². The molecule has 0 atom stereocenters. The molecule has 27 heavy (non-hydrogen) atoms. The Morgan fingerprint density at radius 2 is 1.52 bits per heavy atom. The summed E-state index contributed by atoms with van der Waals surface area (Å²) in [4.78, 5) is 11.8. The first kappa shape index (κ1) is 18.2. The van der Waals surface area contributed by atoms with Crippen LogP contribution < -0.4 is 14.9 Å². The quantitative estimate of drug-likeness (QED) is 0.514. The smallest absolute Gasteiger partial charge is 0.277 e. The number of carbonyl (C=O) groups excluding carboxylic acids is 1. The maximum atomic E-state index is 11.8. The van der Waals surface area contributed by atoms with Crippen LogP contribution in [-0.2, 0) is 4.79 Å². The number of hydrogen-bond donors (Lipinski definition) is 1. The van der Waals surface area contributed by atoms with Gasteiger partial charge in [0.15, 0.2) is 6.61 Å². The summed E-state index contributed by atoms with van der Waals surface area (Å²) in [5.74, 6) is 0.990. The molecule has 0 unspecified atom stereocenters. The largest absolute Gasteiger partial charge is 0.497 e. The van der Waals surface area contributed by atoms with E-state index in [-0.39, 0.29) is 12.5 Å². The molecule has 5 nitrogen and oxygen atoms in total. The first-order chi connectivity index (χ1) is 13.2. The zero-order valence-corrected chi connectivity index (χ0v) is 15.0. The zero-order chi connectivity index (χ0) is 18.9. The van der Waals surface area contributed by atoms with E-state index in [9.17, 15) is 4.79 Å². The summed E-state index contributed by atoms with van der Waals surface area (Å²) in [7, 11) is 1.59. The van der Waals surface area contributed by atoms with Crippen molar-refractivity contribution in [3.05, 3.63) is 84.4 Å². The molecular weight excluding hydrogens is 340 g/mol. The number of nitrogens with zero attached hydrogens (tertiary/aromatic N) is 1. The van der Waals surface area contributed by atoms with Gasteiger partial charge in [0.2, 0.25) is 0 Å². The van der Waals surface area contributed by atoms with Gasteiger partial charge >= 0.3 is 0 Å². The highest BCUT2D eigenvalue weighted by Crippen LogP contribution is 2.19. The van der Waals surface area contributed by atoms with Gasteiger partial charge < -0.3 is 9.47 Å². The van der Waals surface area contributed by atoms with Gasteiger partial charge in [0.1, 0.15) is 11.5 Å². The van der Waals surface area contributed by atoms with E-state index in [1.54, 1.807) is 37.6 Å². The fourth-order valence-electron chi connectivity index (χ4n) is 2.42. The van der Waals surface area contributed by atoms with Crippen molar-refractivity contribution in [1.82, 2.24) is 5.43 Å². The molecule has 0 saturated carbocycles. The van der Waals surface area contributed by atoms with E-state index in [1.807, 2.05) is 42.5 Å². The lowest BCUT2D eigenvalue weighted by Gasteiger charge is -2.06. The Morgan fingerprint density at radius 1 is 0.889 bits per heavy atom. The second-order valence-electron chi connectivity index (χ2n) is 5.75. The Bertz CT molecular complexity index is 889. The van der Waals surface area contributed by atoms with E-state index in [4.69, 9.17) is 9.47 Å². The number of benzene rings is 3. The summed E-state index contributed by atoms with van der Waals surface area (Å²) in [5.41, 5.74) is 5.63. The Labute approximate surface area is 158 Å². The molecule has 0 bridgehead atoms. The van der Waals surface area contributed by atoms with Crippen LogP contribution in [-0.4, -0.2) is 25.8 Å². The Morgan fingerprint density at radius 3 is 2.19 bits per heavy atom. The maximum absolute atomic E-state index is 11.8. The molecule has 0 aliphatic heterocycles. The van der Waals surface area contributed by atoms with Crippen LogP contribution in [0.3, 0.4) is 0 Å². The number of nitrogens with one attached hydrogen (secondary N) is 1. The van der Waals surface area contributed by atoms with Gasteiger partial charge in [0.05, 0.1) is 13.3 Å². The summed E-state index contributed by atoms with van der Waals surface area (Å²) >= 11 is 0. The molecule has 3 aromatic carbocycles. The molecule has 0 aliphatic carbocycles. The topological polar surface area (TPSA) is 59.9 Å². The van der Waals surface area contributed by atoms with Gasteiger partial charge in [-0.15, -0.1) is 0 Å². The average molecular weight is 360 g/mol. The van der Waals surface area contributed by atoms with Gasteiger partial charge in [0, 0.05) is 0 Å². The third kappa shape index (κ3) is 5.44. The predicted molar refractivity (Wildman–Crippen MR) is 106 cm³/mol. The monoisotopic (exact) mass is 360 g/mol. The Kier molecular flexibility index (Phi) is 6.20. The molecule has 0 radical (unpaired) electrons. The van der Waals surface area contributed by atoms with Gasteiger partial charge in [0.25, 0.3) is 5.91 Å². The van der Waals surface area contributed by atoms with E-state index < -0.39 is 0 Å². The van der Waals surface area contributed by atoms with Gasteiger partial charge in [-0.3, -0.25) is 4.79 Å².